The first-order valence-corrected chi connectivity index (χ1v) is 6.96. The van der Waals surface area contributed by atoms with Crippen molar-refractivity contribution in [2.75, 3.05) is 5.32 Å². The number of hydrogen-bond acceptors (Lipinski definition) is 4. The predicted molar refractivity (Wildman–Crippen MR) is 78.7 cm³/mol. The largest absolute Gasteiger partial charge is 0.322 e. The van der Waals surface area contributed by atoms with Gasteiger partial charge in [-0.05, 0) is 23.6 Å². The van der Waals surface area contributed by atoms with Crippen LogP contribution in [0.1, 0.15) is 10.4 Å². The molecule has 0 fully saturated rings. The summed E-state index contributed by atoms with van der Waals surface area (Å²) in [5.74, 6) is 0.651. The Labute approximate surface area is 119 Å². The number of anilines is 1. The first kappa shape index (κ1) is 12.6. The molecule has 1 N–H and O–H groups in total. The van der Waals surface area contributed by atoms with Gasteiger partial charge in [0.15, 0.2) is 5.82 Å². The second kappa shape index (κ2) is 5.26. The molecule has 0 unspecified atom stereocenters. The highest BCUT2D eigenvalue weighted by Gasteiger charge is 2.08. The van der Waals surface area contributed by atoms with Gasteiger partial charge in [-0.2, -0.15) is 11.3 Å². The molecule has 0 aliphatic carbocycles. The van der Waals surface area contributed by atoms with Crippen LogP contribution in [0.4, 0.5) is 5.69 Å². The fraction of sp³-hybridized carbons (Fsp3) is 0.0714. The molecule has 2 aromatic heterocycles. The van der Waals surface area contributed by atoms with Crippen LogP contribution in [-0.2, 0) is 7.05 Å². The molecule has 0 saturated carbocycles. The molecule has 3 rings (SSSR count). The molecule has 20 heavy (non-hydrogen) atoms. The fourth-order valence-corrected chi connectivity index (χ4v) is 2.51. The van der Waals surface area contributed by atoms with Gasteiger partial charge in [0, 0.05) is 23.7 Å². The number of nitrogens with one attached hydrogen (secondary N) is 1. The minimum absolute atomic E-state index is 0.110. The lowest BCUT2D eigenvalue weighted by Gasteiger charge is -2.06. The second-order valence-electron chi connectivity index (χ2n) is 4.31. The van der Waals surface area contributed by atoms with Crippen molar-refractivity contribution in [3.63, 3.8) is 0 Å². The zero-order valence-corrected chi connectivity index (χ0v) is 11.6. The van der Waals surface area contributed by atoms with Crippen LogP contribution in [0.25, 0.3) is 11.4 Å². The molecule has 0 bridgehead atoms. The van der Waals surface area contributed by atoms with Gasteiger partial charge < -0.3 is 9.88 Å². The normalized spacial score (nSPS) is 10.4. The van der Waals surface area contributed by atoms with E-state index in [0.717, 1.165) is 17.1 Å². The standard InChI is InChI=1S/C14H12N4OS/c1-18-9-15-17-13(18)10-3-2-4-12(7-10)16-14(19)11-5-6-20-8-11/h2-9H,1H3,(H,16,19). The topological polar surface area (TPSA) is 59.8 Å². The van der Waals surface area contributed by atoms with Crippen LogP contribution in [0, 0.1) is 0 Å². The third-order valence-electron chi connectivity index (χ3n) is 2.87. The van der Waals surface area contributed by atoms with Crippen molar-refractivity contribution in [3.8, 4) is 11.4 Å². The van der Waals surface area contributed by atoms with Gasteiger partial charge in [-0.25, -0.2) is 0 Å². The van der Waals surface area contributed by atoms with E-state index < -0.39 is 0 Å². The molecule has 0 spiro atoms. The highest BCUT2D eigenvalue weighted by molar-refractivity contribution is 7.08. The van der Waals surface area contributed by atoms with E-state index in [1.165, 1.54) is 11.3 Å². The van der Waals surface area contributed by atoms with E-state index in [1.807, 2.05) is 46.6 Å². The Morgan fingerprint density at radius 2 is 2.25 bits per heavy atom. The van der Waals surface area contributed by atoms with E-state index in [1.54, 1.807) is 12.4 Å². The Bertz CT molecular complexity index is 733. The summed E-state index contributed by atoms with van der Waals surface area (Å²) >= 11 is 1.50. The number of carbonyl (C=O) groups excluding carboxylic acids is 1. The second-order valence-corrected chi connectivity index (χ2v) is 5.09. The summed E-state index contributed by atoms with van der Waals surface area (Å²) < 4.78 is 1.83. The highest BCUT2D eigenvalue weighted by atomic mass is 32.1. The van der Waals surface area contributed by atoms with Crippen molar-refractivity contribution in [1.29, 1.82) is 0 Å². The first-order chi connectivity index (χ1) is 9.74. The van der Waals surface area contributed by atoms with E-state index in [2.05, 4.69) is 15.5 Å². The Morgan fingerprint density at radius 1 is 1.35 bits per heavy atom. The van der Waals surface area contributed by atoms with Crippen LogP contribution < -0.4 is 5.32 Å². The fourth-order valence-electron chi connectivity index (χ4n) is 1.88. The predicted octanol–water partition coefficient (Wildman–Crippen LogP) is 2.80. The Balaban J connectivity index is 1.85. The van der Waals surface area contributed by atoms with Gasteiger partial charge in [-0.1, -0.05) is 12.1 Å². The quantitative estimate of drug-likeness (QED) is 0.804. The number of rotatable bonds is 3. The molecule has 1 aromatic carbocycles. The highest BCUT2D eigenvalue weighted by Crippen LogP contribution is 2.20. The Morgan fingerprint density at radius 3 is 2.95 bits per heavy atom. The van der Waals surface area contributed by atoms with Gasteiger partial charge in [0.25, 0.3) is 5.91 Å². The van der Waals surface area contributed by atoms with Crippen LogP contribution in [0.2, 0.25) is 0 Å². The smallest absolute Gasteiger partial charge is 0.256 e. The molecule has 6 heteroatoms. The number of aromatic nitrogens is 3. The Kier molecular flexibility index (Phi) is 3.30. The average molecular weight is 284 g/mol. The van der Waals surface area contributed by atoms with E-state index in [-0.39, 0.29) is 5.91 Å². The summed E-state index contributed by atoms with van der Waals surface area (Å²) in [5.41, 5.74) is 2.31. The third-order valence-corrected chi connectivity index (χ3v) is 3.56. The van der Waals surface area contributed by atoms with Crippen molar-refractivity contribution in [1.82, 2.24) is 14.8 Å². The van der Waals surface area contributed by atoms with E-state index in [0.29, 0.717) is 5.56 Å². The van der Waals surface area contributed by atoms with Crippen molar-refractivity contribution in [3.05, 3.63) is 53.0 Å². The molecule has 0 atom stereocenters. The number of hydrogen-bond donors (Lipinski definition) is 1. The van der Waals surface area contributed by atoms with Crippen LogP contribution in [0.15, 0.2) is 47.4 Å². The third kappa shape index (κ3) is 2.46. The van der Waals surface area contributed by atoms with Gasteiger partial charge in [-0.15, -0.1) is 10.2 Å². The van der Waals surface area contributed by atoms with Gasteiger partial charge >= 0.3 is 0 Å². The van der Waals surface area contributed by atoms with E-state index in [4.69, 9.17) is 0 Å². The van der Waals surface area contributed by atoms with E-state index in [9.17, 15) is 4.79 Å². The summed E-state index contributed by atoms with van der Waals surface area (Å²) in [7, 11) is 1.88. The van der Waals surface area contributed by atoms with Crippen LogP contribution in [-0.4, -0.2) is 20.7 Å². The minimum Gasteiger partial charge on any atom is -0.322 e. The van der Waals surface area contributed by atoms with Gasteiger partial charge in [0.1, 0.15) is 6.33 Å². The average Bonchev–Trinajstić information content (AvgIpc) is 3.10. The van der Waals surface area contributed by atoms with Crippen molar-refractivity contribution in [2.24, 2.45) is 7.05 Å². The molecule has 100 valence electrons. The maximum atomic E-state index is 12.0. The van der Waals surface area contributed by atoms with Crippen LogP contribution in [0.5, 0.6) is 0 Å². The lowest BCUT2D eigenvalue weighted by molar-refractivity contribution is 0.102. The lowest BCUT2D eigenvalue weighted by Crippen LogP contribution is -2.10. The minimum atomic E-state index is -0.110. The van der Waals surface area contributed by atoms with Gasteiger partial charge in [0.05, 0.1) is 5.56 Å². The lowest BCUT2D eigenvalue weighted by atomic mass is 10.2. The molecule has 0 saturated heterocycles. The summed E-state index contributed by atoms with van der Waals surface area (Å²) in [5, 5.41) is 14.5. The number of aryl methyl sites for hydroxylation is 1. The molecule has 0 radical (unpaired) electrons. The Hall–Kier alpha value is -2.47. The van der Waals surface area contributed by atoms with E-state index >= 15 is 0 Å². The molecule has 0 aliphatic heterocycles. The SMILES string of the molecule is Cn1cnnc1-c1cccc(NC(=O)c2ccsc2)c1. The molecule has 5 nitrogen and oxygen atoms in total. The van der Waals surface area contributed by atoms with Crippen LogP contribution in [0.3, 0.4) is 0 Å². The molecule has 2 heterocycles. The number of benzene rings is 1. The summed E-state index contributed by atoms with van der Waals surface area (Å²) in [6, 6.07) is 9.35. The summed E-state index contributed by atoms with van der Waals surface area (Å²) in [6.07, 6.45) is 1.64. The number of thiophene rings is 1. The molecule has 1 amide bonds. The number of carbonyl (C=O) groups is 1. The molecule has 3 aromatic rings. The van der Waals surface area contributed by atoms with Crippen molar-refractivity contribution < 1.29 is 4.79 Å². The summed E-state index contributed by atoms with van der Waals surface area (Å²) in [6.45, 7) is 0. The zero-order valence-electron chi connectivity index (χ0n) is 10.8. The molecular weight excluding hydrogens is 272 g/mol. The number of amides is 1. The monoisotopic (exact) mass is 284 g/mol. The molecular formula is C14H12N4OS. The van der Waals surface area contributed by atoms with Gasteiger partial charge in [-0.3, -0.25) is 4.79 Å². The number of nitrogens with zero attached hydrogens (tertiary/aromatic N) is 3. The first-order valence-electron chi connectivity index (χ1n) is 6.02. The van der Waals surface area contributed by atoms with Crippen LogP contribution >= 0.6 is 11.3 Å². The maximum absolute atomic E-state index is 12.0. The zero-order chi connectivity index (χ0) is 13.9. The van der Waals surface area contributed by atoms with Gasteiger partial charge in [0.2, 0.25) is 0 Å². The summed E-state index contributed by atoms with van der Waals surface area (Å²) in [4.78, 5) is 12.0. The van der Waals surface area contributed by atoms with Crippen molar-refractivity contribution in [2.45, 2.75) is 0 Å². The van der Waals surface area contributed by atoms with Crippen molar-refractivity contribution >= 4 is 22.9 Å². The maximum Gasteiger partial charge on any atom is 0.256 e. The molecule has 0 aliphatic rings.